The molecule has 0 aliphatic carbocycles. The van der Waals surface area contributed by atoms with Crippen molar-refractivity contribution in [2.24, 2.45) is 0 Å². The minimum atomic E-state index is -0.481. The lowest BCUT2D eigenvalue weighted by atomic mass is 9.88. The van der Waals surface area contributed by atoms with Crippen molar-refractivity contribution in [2.75, 3.05) is 59.5 Å². The Morgan fingerprint density at radius 3 is 1.50 bits per heavy atom. The average molecular weight is 957 g/mol. The molecule has 13 nitrogen and oxygen atoms in total. The molecular weight excluding hydrogens is 893 g/mol. The number of hydrogen-bond acceptors (Lipinski definition) is 13. The molecule has 13 heteroatoms. The fourth-order valence-corrected chi connectivity index (χ4v) is 8.80. The van der Waals surface area contributed by atoms with E-state index in [4.69, 9.17) is 52.1 Å². The van der Waals surface area contributed by atoms with Gasteiger partial charge in [0.2, 0.25) is 0 Å². The Morgan fingerprint density at radius 1 is 0.471 bits per heavy atom. The van der Waals surface area contributed by atoms with Crippen molar-refractivity contribution >= 4 is 24.1 Å². The van der Waals surface area contributed by atoms with E-state index in [1.54, 1.807) is 24.3 Å². The molecule has 6 aliphatic heterocycles. The van der Waals surface area contributed by atoms with Gasteiger partial charge in [0.05, 0.1) is 57.5 Å². The summed E-state index contributed by atoms with van der Waals surface area (Å²) in [7, 11) is 0. The number of ether oxygens (including phenoxy) is 11. The minimum Gasteiger partial charge on any atom is -0.493 e. The second kappa shape index (κ2) is 23.8. The molecule has 0 amide bonds. The van der Waals surface area contributed by atoms with E-state index in [0.717, 1.165) is 130 Å². The van der Waals surface area contributed by atoms with Crippen molar-refractivity contribution in [2.45, 2.75) is 114 Å². The maximum atomic E-state index is 13.2. The lowest BCUT2D eigenvalue weighted by Crippen LogP contribution is -2.09. The zero-order valence-corrected chi connectivity index (χ0v) is 39.9. The molecule has 6 heterocycles. The molecule has 4 aromatic rings. The molecule has 0 spiro atoms. The zero-order valence-electron chi connectivity index (χ0n) is 39.9. The van der Waals surface area contributed by atoms with Gasteiger partial charge in [0.1, 0.15) is 30.5 Å². The lowest BCUT2D eigenvalue weighted by Gasteiger charge is -2.18. The molecule has 0 radical (unpaired) electrons. The lowest BCUT2D eigenvalue weighted by molar-refractivity contribution is -0.129. The highest BCUT2D eigenvalue weighted by molar-refractivity contribution is 5.90. The summed E-state index contributed by atoms with van der Waals surface area (Å²) in [5, 5.41) is 0. The van der Waals surface area contributed by atoms with Crippen LogP contribution >= 0.6 is 0 Å². The number of benzene rings is 4. The van der Waals surface area contributed by atoms with E-state index in [-0.39, 0.29) is 30.9 Å². The second-order valence-electron chi connectivity index (χ2n) is 18.9. The molecule has 6 aliphatic rings. The minimum absolute atomic E-state index is 0.0310. The van der Waals surface area contributed by atoms with Crippen LogP contribution in [0.2, 0.25) is 0 Å². The Morgan fingerprint density at radius 2 is 0.957 bits per heavy atom. The van der Waals surface area contributed by atoms with Crippen LogP contribution in [0.5, 0.6) is 17.2 Å². The normalized spacial score (nSPS) is 22.6. The number of carbonyl (C=O) groups is 2. The first kappa shape index (κ1) is 48.4. The predicted octanol–water partition coefficient (Wildman–Crippen LogP) is 8.75. The van der Waals surface area contributed by atoms with Gasteiger partial charge in [0, 0.05) is 50.2 Å². The standard InChI is InChI=1S/C57H64O13/c58-53(24-18-40-11-13-43(29-47-33-64-47)51(30-48-34-65-48)50(40)9-3-6-27-61-56-37-68-56)69-44-20-14-38(15-21-44)39-16-22-45(23-17-39)70-54(59)25-19-41-10-12-42(7-1-4-26-60-55-36-67-55)57(52(41)31-49-35-66-49)62-28-5-2-8-46-32-63-46/h10-25,46-49,55-56H,1-9,26-37H2/b24-18+,25-19+. The van der Waals surface area contributed by atoms with Crippen molar-refractivity contribution in [1.82, 2.24) is 0 Å². The summed E-state index contributed by atoms with van der Waals surface area (Å²) in [6.45, 7) is 6.47. The smallest absolute Gasteiger partial charge is 0.336 e. The van der Waals surface area contributed by atoms with Crippen LogP contribution in [-0.2, 0) is 79.6 Å². The number of unbranched alkanes of at least 4 members (excludes halogenated alkanes) is 3. The summed E-state index contributed by atoms with van der Waals surface area (Å²) in [4.78, 5) is 26.4. The van der Waals surface area contributed by atoms with E-state index in [1.165, 1.54) is 28.8 Å². The van der Waals surface area contributed by atoms with Crippen molar-refractivity contribution < 1.29 is 61.7 Å². The van der Waals surface area contributed by atoms with E-state index in [2.05, 4.69) is 24.3 Å². The largest absolute Gasteiger partial charge is 0.493 e. The van der Waals surface area contributed by atoms with E-state index < -0.39 is 11.9 Å². The number of esters is 2. The molecule has 6 unspecified atom stereocenters. The van der Waals surface area contributed by atoms with Crippen molar-refractivity contribution in [1.29, 1.82) is 0 Å². The van der Waals surface area contributed by atoms with Crippen LogP contribution in [0.4, 0.5) is 0 Å². The summed E-state index contributed by atoms with van der Waals surface area (Å²) >= 11 is 0. The molecule has 6 atom stereocenters. The predicted molar refractivity (Wildman–Crippen MR) is 261 cm³/mol. The van der Waals surface area contributed by atoms with Gasteiger partial charge in [-0.3, -0.25) is 0 Å². The van der Waals surface area contributed by atoms with E-state index in [1.807, 2.05) is 36.4 Å². The Labute approximate surface area is 410 Å². The van der Waals surface area contributed by atoms with Gasteiger partial charge in [-0.25, -0.2) is 9.59 Å². The van der Waals surface area contributed by atoms with Gasteiger partial charge < -0.3 is 52.1 Å². The number of epoxide rings is 6. The van der Waals surface area contributed by atoms with Gasteiger partial charge in [0.15, 0.2) is 12.6 Å². The van der Waals surface area contributed by atoms with E-state index >= 15 is 0 Å². The number of aryl methyl sites for hydroxylation is 1. The molecule has 370 valence electrons. The molecular formula is C57H64O13. The van der Waals surface area contributed by atoms with Crippen molar-refractivity contribution in [3.8, 4) is 28.4 Å². The highest BCUT2D eigenvalue weighted by Crippen LogP contribution is 2.35. The summed E-state index contributed by atoms with van der Waals surface area (Å²) < 4.78 is 62.1. The second-order valence-corrected chi connectivity index (χ2v) is 18.9. The summed E-state index contributed by atoms with van der Waals surface area (Å²) in [5.41, 5.74) is 9.80. The molecule has 4 aromatic carbocycles. The quantitative estimate of drug-likeness (QED) is 0.0155. The molecule has 0 N–H and O–H groups in total. The SMILES string of the molecule is O=C(/C=C/c1ccc(CC2CO2)c(CC2CO2)c1CCCCOC1CO1)Oc1ccc(-c2ccc(OC(=O)/C=C/c3ccc(CCCCOC4CO4)c(OCCCCC4CO4)c3CC3CO3)cc2)cc1. The maximum Gasteiger partial charge on any atom is 0.336 e. The van der Waals surface area contributed by atoms with Gasteiger partial charge in [-0.15, -0.1) is 0 Å². The van der Waals surface area contributed by atoms with E-state index in [0.29, 0.717) is 63.7 Å². The number of rotatable bonds is 31. The molecule has 0 bridgehead atoms. The van der Waals surface area contributed by atoms with Gasteiger partial charge in [-0.2, -0.15) is 0 Å². The Bertz CT molecular complexity index is 2440. The van der Waals surface area contributed by atoms with Crippen molar-refractivity contribution in [3.05, 3.63) is 124 Å². The highest BCUT2D eigenvalue weighted by Gasteiger charge is 2.31. The topological polar surface area (TPSA) is 155 Å². The molecule has 6 saturated heterocycles. The summed E-state index contributed by atoms with van der Waals surface area (Å²) in [6, 6.07) is 23.2. The van der Waals surface area contributed by atoms with Crippen LogP contribution in [0.3, 0.4) is 0 Å². The van der Waals surface area contributed by atoms with Crippen LogP contribution in [0.25, 0.3) is 23.3 Å². The fourth-order valence-electron chi connectivity index (χ4n) is 8.80. The highest BCUT2D eigenvalue weighted by atomic mass is 16.8. The Hall–Kier alpha value is -5.22. The fraction of sp³-hybridized carbons (Fsp3) is 0.474. The number of carbonyl (C=O) groups excluding carboxylic acids is 2. The summed E-state index contributed by atoms with van der Waals surface area (Å²) in [6.07, 6.45) is 18.6. The summed E-state index contributed by atoms with van der Waals surface area (Å²) in [5.74, 6) is 0.821. The zero-order chi connectivity index (χ0) is 47.5. The van der Waals surface area contributed by atoms with Crippen LogP contribution < -0.4 is 14.2 Å². The van der Waals surface area contributed by atoms with Gasteiger partial charge in [-0.05, 0) is 139 Å². The molecule has 0 saturated carbocycles. The average Bonchev–Trinajstić information content (AvgIpc) is 4.13. The third-order valence-corrected chi connectivity index (χ3v) is 13.2. The third-order valence-electron chi connectivity index (χ3n) is 13.2. The molecule has 0 aromatic heterocycles. The monoisotopic (exact) mass is 956 g/mol. The Kier molecular flexibility index (Phi) is 16.5. The first-order valence-corrected chi connectivity index (χ1v) is 25.3. The van der Waals surface area contributed by atoms with Gasteiger partial charge in [0.25, 0.3) is 0 Å². The van der Waals surface area contributed by atoms with Crippen LogP contribution in [-0.4, -0.2) is 108 Å². The molecule has 10 rings (SSSR count). The number of hydrogen-bond donors (Lipinski definition) is 0. The molecule has 70 heavy (non-hydrogen) atoms. The van der Waals surface area contributed by atoms with Crippen LogP contribution in [0.1, 0.15) is 83.9 Å². The van der Waals surface area contributed by atoms with Crippen molar-refractivity contribution in [3.63, 3.8) is 0 Å². The Balaban J connectivity index is 0.740. The van der Waals surface area contributed by atoms with E-state index in [9.17, 15) is 9.59 Å². The van der Waals surface area contributed by atoms with Crippen LogP contribution in [0.15, 0.2) is 84.9 Å². The first-order chi connectivity index (χ1) is 34.5. The maximum absolute atomic E-state index is 13.2. The third kappa shape index (κ3) is 15.4. The molecule has 6 fully saturated rings. The van der Waals surface area contributed by atoms with Crippen LogP contribution in [0, 0.1) is 0 Å². The van der Waals surface area contributed by atoms with Gasteiger partial charge >= 0.3 is 11.9 Å². The first-order valence-electron chi connectivity index (χ1n) is 25.3. The van der Waals surface area contributed by atoms with Gasteiger partial charge in [-0.1, -0.05) is 48.5 Å².